The maximum atomic E-state index is 5.47. The highest BCUT2D eigenvalue weighted by Crippen LogP contribution is 2.28. The first-order chi connectivity index (χ1) is 6.79. The maximum Gasteiger partial charge on any atom is 0.121 e. The van der Waals surface area contributed by atoms with Crippen LogP contribution in [0.25, 0.3) is 0 Å². The summed E-state index contributed by atoms with van der Waals surface area (Å²) in [6.07, 6.45) is 2.40. The molecule has 1 atom stereocenters. The number of nitrogens with one attached hydrogen (secondary N) is 1. The molecule has 76 valence electrons. The van der Waals surface area contributed by atoms with E-state index in [0.29, 0.717) is 6.04 Å². The van der Waals surface area contributed by atoms with Crippen LogP contribution in [0.4, 0.5) is 5.69 Å². The third kappa shape index (κ3) is 1.84. The quantitative estimate of drug-likeness (QED) is 0.776. The predicted octanol–water partition coefficient (Wildman–Crippen LogP) is 2.83. The van der Waals surface area contributed by atoms with Gasteiger partial charge < -0.3 is 10.1 Å². The van der Waals surface area contributed by atoms with Crippen LogP contribution in [0.1, 0.15) is 25.8 Å². The summed E-state index contributed by atoms with van der Waals surface area (Å²) in [5.41, 5.74) is 2.65. The highest BCUT2D eigenvalue weighted by molar-refractivity contribution is 5.57. The number of hydrogen-bond donors (Lipinski definition) is 1. The molecule has 0 amide bonds. The zero-order chi connectivity index (χ0) is 9.97. The Labute approximate surface area is 85.3 Å². The molecule has 0 saturated carbocycles. The fraction of sp³-hybridized carbons (Fsp3) is 0.500. The summed E-state index contributed by atoms with van der Waals surface area (Å²) in [5.74, 6) is 0.966. The summed E-state index contributed by atoms with van der Waals surface area (Å²) < 4.78 is 5.47. The minimum Gasteiger partial charge on any atom is -0.494 e. The second kappa shape index (κ2) is 3.91. The minimum atomic E-state index is 0.583. The number of anilines is 1. The Balaban J connectivity index is 2.24. The Bertz CT molecular complexity index is 322. The van der Waals surface area contributed by atoms with Crippen molar-refractivity contribution in [1.29, 1.82) is 0 Å². The van der Waals surface area contributed by atoms with Crippen molar-refractivity contribution in [3.05, 3.63) is 23.8 Å². The topological polar surface area (TPSA) is 21.3 Å². The SMILES string of the molecule is CCOc1ccc2c(c1)NC(C)CC2. The molecule has 14 heavy (non-hydrogen) atoms. The molecule has 1 N–H and O–H groups in total. The maximum absolute atomic E-state index is 5.47. The van der Waals surface area contributed by atoms with Crippen molar-refractivity contribution < 1.29 is 4.74 Å². The standard InChI is InChI=1S/C12H17NO/c1-3-14-11-7-6-10-5-4-9(2)13-12(10)8-11/h6-9,13H,3-5H2,1-2H3. The lowest BCUT2D eigenvalue weighted by Gasteiger charge is -2.24. The molecule has 1 aromatic carbocycles. The molecule has 1 heterocycles. The van der Waals surface area contributed by atoms with Crippen molar-refractivity contribution in [3.8, 4) is 5.75 Å². The van der Waals surface area contributed by atoms with Crippen molar-refractivity contribution in [2.45, 2.75) is 32.7 Å². The van der Waals surface area contributed by atoms with Gasteiger partial charge in [0.2, 0.25) is 0 Å². The number of fused-ring (bicyclic) bond motifs is 1. The largest absolute Gasteiger partial charge is 0.494 e. The van der Waals surface area contributed by atoms with Crippen LogP contribution >= 0.6 is 0 Å². The fourth-order valence-corrected chi connectivity index (χ4v) is 1.87. The third-order valence-electron chi connectivity index (χ3n) is 2.64. The molecule has 1 aliphatic heterocycles. The lowest BCUT2D eigenvalue weighted by atomic mass is 9.99. The average Bonchev–Trinajstić information content (AvgIpc) is 2.17. The van der Waals surface area contributed by atoms with E-state index < -0.39 is 0 Å². The van der Waals surface area contributed by atoms with Crippen molar-refractivity contribution in [2.24, 2.45) is 0 Å². The summed E-state index contributed by atoms with van der Waals surface area (Å²) in [6.45, 7) is 4.96. The van der Waals surface area contributed by atoms with Gasteiger partial charge in [-0.05, 0) is 38.3 Å². The average molecular weight is 191 g/mol. The molecular weight excluding hydrogens is 174 g/mol. The summed E-state index contributed by atoms with van der Waals surface area (Å²) in [4.78, 5) is 0. The lowest BCUT2D eigenvalue weighted by Crippen LogP contribution is -2.21. The molecule has 1 aliphatic rings. The van der Waals surface area contributed by atoms with Crippen LogP contribution in [0, 0.1) is 0 Å². The van der Waals surface area contributed by atoms with Crippen LogP contribution in [0.3, 0.4) is 0 Å². The Morgan fingerprint density at radius 2 is 2.36 bits per heavy atom. The van der Waals surface area contributed by atoms with Gasteiger partial charge in [0.15, 0.2) is 0 Å². The van der Waals surface area contributed by atoms with Crippen LogP contribution in [0.5, 0.6) is 5.75 Å². The summed E-state index contributed by atoms with van der Waals surface area (Å²) in [7, 11) is 0. The second-order valence-electron chi connectivity index (χ2n) is 3.84. The lowest BCUT2D eigenvalue weighted by molar-refractivity contribution is 0.340. The van der Waals surface area contributed by atoms with E-state index in [1.54, 1.807) is 0 Å². The molecule has 0 saturated heterocycles. The van der Waals surface area contributed by atoms with E-state index >= 15 is 0 Å². The van der Waals surface area contributed by atoms with E-state index in [1.807, 2.05) is 6.92 Å². The Morgan fingerprint density at radius 1 is 1.50 bits per heavy atom. The van der Waals surface area contributed by atoms with Crippen LogP contribution in [0.15, 0.2) is 18.2 Å². The Hall–Kier alpha value is -1.18. The van der Waals surface area contributed by atoms with Crippen LogP contribution in [-0.4, -0.2) is 12.6 Å². The number of ether oxygens (including phenoxy) is 1. The highest BCUT2D eigenvalue weighted by Gasteiger charge is 2.13. The molecular formula is C12H17NO. The van der Waals surface area contributed by atoms with Gasteiger partial charge >= 0.3 is 0 Å². The van der Waals surface area contributed by atoms with Crippen molar-refractivity contribution in [3.63, 3.8) is 0 Å². The number of aryl methyl sites for hydroxylation is 1. The molecule has 0 fully saturated rings. The second-order valence-corrected chi connectivity index (χ2v) is 3.84. The van der Waals surface area contributed by atoms with Gasteiger partial charge in [-0.1, -0.05) is 6.07 Å². The van der Waals surface area contributed by atoms with Gasteiger partial charge in [-0.2, -0.15) is 0 Å². The Kier molecular flexibility index (Phi) is 2.62. The third-order valence-corrected chi connectivity index (χ3v) is 2.64. The van der Waals surface area contributed by atoms with E-state index in [9.17, 15) is 0 Å². The van der Waals surface area contributed by atoms with Gasteiger partial charge in [0.05, 0.1) is 6.61 Å². The van der Waals surface area contributed by atoms with E-state index in [1.165, 1.54) is 24.1 Å². The molecule has 2 nitrogen and oxygen atoms in total. The normalized spacial score (nSPS) is 19.7. The summed E-state index contributed by atoms with van der Waals surface area (Å²) >= 11 is 0. The van der Waals surface area contributed by atoms with Crippen LogP contribution < -0.4 is 10.1 Å². The van der Waals surface area contributed by atoms with E-state index in [2.05, 4.69) is 30.4 Å². The molecule has 0 spiro atoms. The summed E-state index contributed by atoms with van der Waals surface area (Å²) in [6, 6.07) is 6.91. The van der Waals surface area contributed by atoms with Crippen molar-refractivity contribution in [1.82, 2.24) is 0 Å². The van der Waals surface area contributed by atoms with Crippen LogP contribution in [0.2, 0.25) is 0 Å². The molecule has 2 rings (SSSR count). The van der Waals surface area contributed by atoms with Crippen molar-refractivity contribution in [2.75, 3.05) is 11.9 Å². The first-order valence-corrected chi connectivity index (χ1v) is 5.32. The zero-order valence-electron chi connectivity index (χ0n) is 8.84. The molecule has 0 aromatic heterocycles. The van der Waals surface area contributed by atoms with Gasteiger partial charge in [0.25, 0.3) is 0 Å². The molecule has 0 bridgehead atoms. The van der Waals surface area contributed by atoms with E-state index in [0.717, 1.165) is 12.4 Å². The molecule has 1 aromatic rings. The number of hydrogen-bond acceptors (Lipinski definition) is 2. The van der Waals surface area contributed by atoms with Gasteiger partial charge in [-0.3, -0.25) is 0 Å². The molecule has 1 unspecified atom stereocenters. The highest BCUT2D eigenvalue weighted by atomic mass is 16.5. The Morgan fingerprint density at radius 3 is 3.14 bits per heavy atom. The monoisotopic (exact) mass is 191 g/mol. The molecule has 0 aliphatic carbocycles. The van der Waals surface area contributed by atoms with Gasteiger partial charge in [0, 0.05) is 17.8 Å². The van der Waals surface area contributed by atoms with E-state index in [4.69, 9.17) is 4.74 Å². The van der Waals surface area contributed by atoms with E-state index in [-0.39, 0.29) is 0 Å². The van der Waals surface area contributed by atoms with Gasteiger partial charge in [-0.15, -0.1) is 0 Å². The predicted molar refractivity (Wildman–Crippen MR) is 59.0 cm³/mol. The smallest absolute Gasteiger partial charge is 0.121 e. The zero-order valence-corrected chi connectivity index (χ0v) is 8.84. The molecule has 0 radical (unpaired) electrons. The first-order valence-electron chi connectivity index (χ1n) is 5.32. The van der Waals surface area contributed by atoms with Gasteiger partial charge in [-0.25, -0.2) is 0 Å². The fourth-order valence-electron chi connectivity index (χ4n) is 1.87. The van der Waals surface area contributed by atoms with Crippen molar-refractivity contribution >= 4 is 5.69 Å². The first kappa shape index (κ1) is 9.38. The van der Waals surface area contributed by atoms with Crippen LogP contribution in [-0.2, 0) is 6.42 Å². The summed E-state index contributed by atoms with van der Waals surface area (Å²) in [5, 5.41) is 3.48. The molecule has 2 heteroatoms. The minimum absolute atomic E-state index is 0.583. The number of rotatable bonds is 2. The van der Waals surface area contributed by atoms with Gasteiger partial charge in [0.1, 0.15) is 5.75 Å². The number of benzene rings is 1.